The zero-order valence-corrected chi connectivity index (χ0v) is 22.6. The van der Waals surface area contributed by atoms with Crippen LogP contribution in [-0.4, -0.2) is 55.8 Å². The molecule has 1 saturated heterocycles. The Bertz CT molecular complexity index is 1480. The summed E-state index contributed by atoms with van der Waals surface area (Å²) in [5, 5.41) is 6.89. The lowest BCUT2D eigenvalue weighted by Gasteiger charge is -2.30. The molecule has 0 atom stereocenters. The van der Waals surface area contributed by atoms with Gasteiger partial charge in [-0.1, -0.05) is 6.07 Å². The minimum absolute atomic E-state index is 0.108. The first-order valence-electron chi connectivity index (χ1n) is 12.6. The number of anilines is 2. The van der Waals surface area contributed by atoms with Crippen LogP contribution in [0.25, 0.3) is 11.5 Å². The number of carbonyl (C=O) groups excluding carboxylic acids is 3. The molecule has 4 heterocycles. The van der Waals surface area contributed by atoms with Crippen molar-refractivity contribution in [3.05, 3.63) is 53.7 Å². The second-order valence-corrected chi connectivity index (χ2v) is 11.0. The van der Waals surface area contributed by atoms with Crippen molar-refractivity contribution in [3.8, 4) is 11.5 Å². The first-order chi connectivity index (χ1) is 18.8. The Morgan fingerprint density at radius 2 is 1.85 bits per heavy atom. The largest absolute Gasteiger partial charge is 0.443 e. The Kier molecular flexibility index (Phi) is 6.55. The molecule has 2 aliphatic rings. The molecule has 0 unspecified atom stereocenters. The molecule has 4 amide bonds. The van der Waals surface area contributed by atoms with Gasteiger partial charge in [-0.05, 0) is 65.3 Å². The van der Waals surface area contributed by atoms with E-state index >= 15 is 0 Å². The lowest BCUT2D eigenvalue weighted by Crippen LogP contribution is -2.44. The maximum Gasteiger partial charge on any atom is 0.414 e. The monoisotopic (exact) mass is 554 g/mol. The van der Waals surface area contributed by atoms with Crippen LogP contribution in [0.2, 0.25) is 0 Å². The summed E-state index contributed by atoms with van der Waals surface area (Å²) in [5.41, 5.74) is 0.794. The van der Waals surface area contributed by atoms with Crippen LogP contribution in [0, 0.1) is 0 Å². The minimum atomic E-state index is -2.89. The van der Waals surface area contributed by atoms with Crippen LogP contribution in [-0.2, 0) is 22.5 Å². The smallest absolute Gasteiger partial charge is 0.414 e. The summed E-state index contributed by atoms with van der Waals surface area (Å²) in [7, 11) is 0. The van der Waals surface area contributed by atoms with Gasteiger partial charge in [0.1, 0.15) is 11.1 Å². The highest BCUT2D eigenvalue weighted by Gasteiger charge is 2.53. The summed E-state index contributed by atoms with van der Waals surface area (Å²) in [5.74, 6) is -1.33. The van der Waals surface area contributed by atoms with Gasteiger partial charge >= 0.3 is 18.5 Å². The summed E-state index contributed by atoms with van der Waals surface area (Å²) in [6, 6.07) is 7.86. The summed E-state index contributed by atoms with van der Waals surface area (Å²) in [6.45, 7) is 8.99. The predicted octanol–water partition coefficient (Wildman–Crippen LogP) is 5.11. The van der Waals surface area contributed by atoms with E-state index in [0.29, 0.717) is 35.6 Å². The molecule has 1 fully saturated rings. The van der Waals surface area contributed by atoms with Crippen LogP contribution in [0.4, 0.5) is 29.7 Å². The van der Waals surface area contributed by atoms with Gasteiger partial charge in [-0.3, -0.25) is 24.5 Å². The molecule has 210 valence electrons. The highest BCUT2D eigenvalue weighted by atomic mass is 19.3. The number of hydrogen-bond donors (Lipinski definition) is 0. The fraction of sp³-hybridized carbons (Fsp3) is 0.407. The first kappa shape index (κ1) is 27.2. The van der Waals surface area contributed by atoms with Gasteiger partial charge in [-0.25, -0.2) is 9.59 Å². The van der Waals surface area contributed by atoms with Crippen molar-refractivity contribution >= 4 is 29.4 Å². The van der Waals surface area contributed by atoms with Gasteiger partial charge in [-0.15, -0.1) is 10.2 Å². The molecule has 2 aliphatic heterocycles. The van der Waals surface area contributed by atoms with Crippen molar-refractivity contribution in [2.45, 2.75) is 65.1 Å². The molecule has 40 heavy (non-hydrogen) atoms. The Morgan fingerprint density at radius 1 is 1.12 bits per heavy atom. The third-order valence-electron chi connectivity index (χ3n) is 6.63. The van der Waals surface area contributed by atoms with E-state index in [1.54, 1.807) is 58.9 Å². The standard InChI is InChI=1S/C27H28F2N6O5/c1-26(2,3)40-25(38)33-12-11-17-18(33)7-6-8-19(17)35-24(37)34(23(36)27(35,4)5)14-16-10-9-15(13-30-16)21-31-32-22(39-21)20(28)29/h6-10,13,20H,11-12,14H2,1-5H3. The molecule has 0 spiro atoms. The van der Waals surface area contributed by atoms with Gasteiger partial charge < -0.3 is 9.15 Å². The number of aromatic nitrogens is 3. The number of urea groups is 1. The molecule has 13 heteroatoms. The van der Waals surface area contributed by atoms with Crippen molar-refractivity contribution in [2.75, 3.05) is 16.3 Å². The number of rotatable bonds is 5. The number of halogens is 2. The molecule has 3 aromatic rings. The number of fused-ring (bicyclic) bond motifs is 1. The number of pyridine rings is 1. The van der Waals surface area contributed by atoms with E-state index in [9.17, 15) is 23.2 Å². The van der Waals surface area contributed by atoms with Crippen molar-refractivity contribution in [1.82, 2.24) is 20.1 Å². The van der Waals surface area contributed by atoms with E-state index in [2.05, 4.69) is 15.2 Å². The zero-order chi connectivity index (χ0) is 29.0. The van der Waals surface area contributed by atoms with Gasteiger partial charge in [0, 0.05) is 18.3 Å². The van der Waals surface area contributed by atoms with E-state index in [0.717, 1.165) is 10.5 Å². The van der Waals surface area contributed by atoms with Crippen LogP contribution in [0.1, 0.15) is 58.2 Å². The van der Waals surface area contributed by atoms with E-state index in [-0.39, 0.29) is 12.4 Å². The molecule has 11 nitrogen and oxygen atoms in total. The number of nitrogens with zero attached hydrogens (tertiary/aromatic N) is 6. The number of ether oxygens (including phenoxy) is 1. The Labute approximate surface area is 228 Å². The molecule has 0 bridgehead atoms. The quantitative estimate of drug-likeness (QED) is 0.399. The van der Waals surface area contributed by atoms with Crippen molar-refractivity contribution in [2.24, 2.45) is 0 Å². The van der Waals surface area contributed by atoms with Crippen LogP contribution in [0.3, 0.4) is 0 Å². The maximum absolute atomic E-state index is 13.7. The summed E-state index contributed by atoms with van der Waals surface area (Å²) >= 11 is 0. The summed E-state index contributed by atoms with van der Waals surface area (Å²) in [6.07, 6.45) is -1.53. The van der Waals surface area contributed by atoms with Gasteiger partial charge in [0.2, 0.25) is 5.89 Å². The number of hydrogen-bond acceptors (Lipinski definition) is 8. The SMILES string of the molecule is CC(C)(C)OC(=O)N1CCc2c1cccc2N1C(=O)N(Cc2ccc(-c3nnc(C(F)F)o3)cn2)C(=O)C1(C)C. The number of imide groups is 1. The van der Waals surface area contributed by atoms with E-state index < -0.39 is 41.5 Å². The normalized spacial score (nSPS) is 16.8. The van der Waals surface area contributed by atoms with E-state index in [4.69, 9.17) is 9.15 Å². The zero-order valence-electron chi connectivity index (χ0n) is 22.6. The first-order valence-corrected chi connectivity index (χ1v) is 12.6. The summed E-state index contributed by atoms with van der Waals surface area (Å²) < 4.78 is 36.0. The highest BCUT2D eigenvalue weighted by molar-refractivity contribution is 6.17. The Hall–Kier alpha value is -4.42. The van der Waals surface area contributed by atoms with Crippen LogP contribution >= 0.6 is 0 Å². The van der Waals surface area contributed by atoms with Gasteiger partial charge in [-0.2, -0.15) is 8.78 Å². The molecule has 0 radical (unpaired) electrons. The van der Waals surface area contributed by atoms with E-state index in [1.165, 1.54) is 22.1 Å². The second kappa shape index (κ2) is 9.65. The summed E-state index contributed by atoms with van der Waals surface area (Å²) in [4.78, 5) is 48.3. The van der Waals surface area contributed by atoms with Crippen LogP contribution in [0.5, 0.6) is 0 Å². The third kappa shape index (κ3) is 4.75. The molecule has 0 saturated carbocycles. The fourth-order valence-corrected chi connectivity index (χ4v) is 4.79. The average molecular weight is 555 g/mol. The van der Waals surface area contributed by atoms with Crippen molar-refractivity contribution in [3.63, 3.8) is 0 Å². The van der Waals surface area contributed by atoms with Crippen molar-refractivity contribution < 1.29 is 32.3 Å². The molecular weight excluding hydrogens is 526 g/mol. The third-order valence-corrected chi connectivity index (χ3v) is 6.63. The molecule has 5 rings (SSSR count). The average Bonchev–Trinajstić information content (AvgIpc) is 3.57. The molecular formula is C27H28F2N6O5. The number of carbonyl (C=O) groups is 3. The van der Waals surface area contributed by atoms with Gasteiger partial charge in [0.15, 0.2) is 0 Å². The lowest BCUT2D eigenvalue weighted by molar-refractivity contribution is -0.130. The molecule has 2 aromatic heterocycles. The number of benzene rings is 1. The molecule has 0 aliphatic carbocycles. The van der Waals surface area contributed by atoms with Gasteiger partial charge in [0.25, 0.3) is 11.8 Å². The topological polar surface area (TPSA) is 122 Å². The fourth-order valence-electron chi connectivity index (χ4n) is 4.79. The predicted molar refractivity (Wildman–Crippen MR) is 139 cm³/mol. The van der Waals surface area contributed by atoms with Crippen LogP contribution < -0.4 is 9.80 Å². The Balaban J connectivity index is 1.39. The van der Waals surface area contributed by atoms with Crippen molar-refractivity contribution in [1.29, 1.82) is 0 Å². The number of alkyl halides is 2. The lowest BCUT2D eigenvalue weighted by atomic mass is 10.0. The molecule has 0 N–H and O–H groups in total. The second-order valence-electron chi connectivity index (χ2n) is 11.0. The maximum atomic E-state index is 13.7. The van der Waals surface area contributed by atoms with Gasteiger partial charge in [0.05, 0.1) is 29.2 Å². The Morgan fingerprint density at radius 3 is 2.48 bits per heavy atom. The number of amides is 4. The molecule has 1 aromatic carbocycles. The van der Waals surface area contributed by atoms with Crippen LogP contribution in [0.15, 0.2) is 40.9 Å². The highest BCUT2D eigenvalue weighted by Crippen LogP contribution is 2.42. The van der Waals surface area contributed by atoms with E-state index in [1.807, 2.05) is 0 Å². The minimum Gasteiger partial charge on any atom is -0.443 e.